The molecule has 0 unspecified atom stereocenters. The molecule has 3 N–H and O–H groups in total. The predicted molar refractivity (Wildman–Crippen MR) is 106 cm³/mol. The van der Waals surface area contributed by atoms with Gasteiger partial charge in [-0.05, 0) is 49.8 Å². The van der Waals surface area contributed by atoms with Crippen LogP contribution in [0.3, 0.4) is 0 Å². The fourth-order valence-corrected chi connectivity index (χ4v) is 3.58. The molecule has 0 amide bonds. The Morgan fingerprint density at radius 2 is 2.00 bits per heavy atom. The number of nitrogens with one attached hydrogen (secondary N) is 1. The second-order valence-electron chi connectivity index (χ2n) is 8.11. The molecule has 1 fully saturated rings. The first kappa shape index (κ1) is 18.2. The Hall–Kier alpha value is -2.18. The number of benzene rings is 1. The number of aliphatic hydroxyl groups is 2. The van der Waals surface area contributed by atoms with E-state index in [1.54, 1.807) is 0 Å². The smallest absolute Gasteiger partial charge is 0.224 e. The first-order valence-corrected chi connectivity index (χ1v) is 9.77. The predicted octanol–water partition coefficient (Wildman–Crippen LogP) is 2.55. The van der Waals surface area contributed by atoms with Gasteiger partial charge in [-0.15, -0.1) is 0 Å². The SMILES string of the molecule is CC(C)(O)c1ccc2c(c1)CCN(c1cc(C3CC3)nc(NCCO)n1)C2. The van der Waals surface area contributed by atoms with Crippen LogP contribution in [0.25, 0.3) is 0 Å². The first-order valence-electron chi connectivity index (χ1n) is 9.77. The van der Waals surface area contributed by atoms with Crippen LogP contribution in [0.1, 0.15) is 55.0 Å². The van der Waals surface area contributed by atoms with Crippen LogP contribution in [-0.2, 0) is 18.6 Å². The second-order valence-corrected chi connectivity index (χ2v) is 8.11. The van der Waals surface area contributed by atoms with E-state index in [1.165, 1.54) is 24.0 Å². The molecule has 0 spiro atoms. The van der Waals surface area contributed by atoms with Gasteiger partial charge in [-0.2, -0.15) is 4.98 Å². The standard InChI is InChI=1S/C21H28N4O2/c1-21(2,27)17-6-5-16-13-25(9-7-15(16)11-17)19-12-18(14-3-4-14)23-20(24-19)22-8-10-26/h5-6,11-12,14,26-27H,3-4,7-10,13H2,1-2H3,(H,22,23,24). The highest BCUT2D eigenvalue weighted by Gasteiger charge is 2.28. The van der Waals surface area contributed by atoms with E-state index in [2.05, 4.69) is 38.4 Å². The van der Waals surface area contributed by atoms with Crippen molar-refractivity contribution in [1.82, 2.24) is 9.97 Å². The maximum atomic E-state index is 10.3. The van der Waals surface area contributed by atoms with Gasteiger partial charge in [0.05, 0.1) is 17.9 Å². The molecular weight excluding hydrogens is 340 g/mol. The van der Waals surface area contributed by atoms with Crippen LogP contribution >= 0.6 is 0 Å². The van der Waals surface area contributed by atoms with E-state index in [-0.39, 0.29) is 6.61 Å². The lowest BCUT2D eigenvalue weighted by atomic mass is 9.91. The minimum absolute atomic E-state index is 0.0625. The lowest BCUT2D eigenvalue weighted by molar-refractivity contribution is 0.0785. The maximum absolute atomic E-state index is 10.3. The molecule has 6 heteroatoms. The number of hydrogen-bond donors (Lipinski definition) is 3. The summed E-state index contributed by atoms with van der Waals surface area (Å²) in [5.74, 6) is 2.10. The monoisotopic (exact) mass is 368 g/mol. The maximum Gasteiger partial charge on any atom is 0.224 e. The summed E-state index contributed by atoms with van der Waals surface area (Å²) in [6, 6.07) is 8.41. The van der Waals surface area contributed by atoms with Crippen LogP contribution in [0.4, 0.5) is 11.8 Å². The average molecular weight is 368 g/mol. The minimum atomic E-state index is -0.814. The molecule has 1 aromatic heterocycles. The van der Waals surface area contributed by atoms with Gasteiger partial charge >= 0.3 is 0 Å². The lowest BCUT2D eigenvalue weighted by Crippen LogP contribution is -2.32. The third-order valence-electron chi connectivity index (χ3n) is 5.37. The first-order chi connectivity index (χ1) is 12.9. The third-order valence-corrected chi connectivity index (χ3v) is 5.37. The summed E-state index contributed by atoms with van der Waals surface area (Å²) in [6.07, 6.45) is 3.32. The zero-order valence-electron chi connectivity index (χ0n) is 16.1. The largest absolute Gasteiger partial charge is 0.395 e. The molecule has 2 heterocycles. The van der Waals surface area contributed by atoms with Crippen molar-refractivity contribution in [3.8, 4) is 0 Å². The Balaban J connectivity index is 1.58. The normalized spacial score (nSPS) is 17.0. The Morgan fingerprint density at radius 3 is 2.70 bits per heavy atom. The van der Waals surface area contributed by atoms with E-state index < -0.39 is 5.60 Å². The van der Waals surface area contributed by atoms with Gasteiger partial charge in [0.1, 0.15) is 5.82 Å². The van der Waals surface area contributed by atoms with E-state index in [0.29, 0.717) is 18.4 Å². The molecule has 1 aliphatic carbocycles. The highest BCUT2D eigenvalue weighted by Crippen LogP contribution is 2.40. The van der Waals surface area contributed by atoms with Crippen molar-refractivity contribution in [2.45, 2.75) is 51.2 Å². The molecule has 1 aromatic carbocycles. The molecule has 0 atom stereocenters. The molecule has 27 heavy (non-hydrogen) atoms. The van der Waals surface area contributed by atoms with Crippen molar-refractivity contribution in [2.75, 3.05) is 29.9 Å². The summed E-state index contributed by atoms with van der Waals surface area (Å²) in [4.78, 5) is 11.6. The summed E-state index contributed by atoms with van der Waals surface area (Å²) >= 11 is 0. The molecule has 6 nitrogen and oxygen atoms in total. The van der Waals surface area contributed by atoms with Crippen molar-refractivity contribution in [2.24, 2.45) is 0 Å². The number of nitrogens with zero attached hydrogens (tertiary/aromatic N) is 3. The molecule has 2 aromatic rings. The van der Waals surface area contributed by atoms with Crippen molar-refractivity contribution in [3.63, 3.8) is 0 Å². The molecule has 4 rings (SSSR count). The van der Waals surface area contributed by atoms with Gasteiger partial charge in [0.25, 0.3) is 0 Å². The fourth-order valence-electron chi connectivity index (χ4n) is 3.58. The zero-order valence-corrected chi connectivity index (χ0v) is 16.1. The fraction of sp³-hybridized carbons (Fsp3) is 0.524. The lowest BCUT2D eigenvalue weighted by Gasteiger charge is -2.31. The Bertz CT molecular complexity index is 827. The summed E-state index contributed by atoms with van der Waals surface area (Å²) < 4.78 is 0. The van der Waals surface area contributed by atoms with Crippen LogP contribution in [0.15, 0.2) is 24.3 Å². The van der Waals surface area contributed by atoms with Gasteiger partial charge in [-0.25, -0.2) is 4.98 Å². The number of rotatable bonds is 6. The quantitative estimate of drug-likeness (QED) is 0.727. The number of hydrogen-bond acceptors (Lipinski definition) is 6. The van der Waals surface area contributed by atoms with Gasteiger partial charge in [0.15, 0.2) is 0 Å². The van der Waals surface area contributed by atoms with Crippen LogP contribution in [-0.4, -0.2) is 39.9 Å². The van der Waals surface area contributed by atoms with Gasteiger partial charge in [-0.1, -0.05) is 18.2 Å². The van der Waals surface area contributed by atoms with Crippen LogP contribution in [0, 0.1) is 0 Å². The summed E-state index contributed by atoms with van der Waals surface area (Å²) in [6.45, 7) is 5.87. The topological polar surface area (TPSA) is 81.5 Å². The zero-order chi connectivity index (χ0) is 19.0. The highest BCUT2D eigenvalue weighted by molar-refractivity contribution is 5.50. The molecule has 2 aliphatic rings. The van der Waals surface area contributed by atoms with Crippen LogP contribution in [0.5, 0.6) is 0 Å². The van der Waals surface area contributed by atoms with Crippen LogP contribution < -0.4 is 10.2 Å². The molecule has 144 valence electrons. The summed E-state index contributed by atoms with van der Waals surface area (Å²) in [5.41, 5.74) is 3.84. The number of aromatic nitrogens is 2. The third kappa shape index (κ3) is 4.06. The Kier molecular flexibility index (Phi) is 4.78. The van der Waals surface area contributed by atoms with Gasteiger partial charge in [-0.3, -0.25) is 0 Å². The number of aliphatic hydroxyl groups excluding tert-OH is 1. The highest BCUT2D eigenvalue weighted by atomic mass is 16.3. The number of anilines is 2. The van der Waals surface area contributed by atoms with E-state index in [4.69, 9.17) is 5.11 Å². The second kappa shape index (κ2) is 7.09. The van der Waals surface area contributed by atoms with E-state index in [1.807, 2.05) is 19.9 Å². The Labute approximate surface area is 160 Å². The van der Waals surface area contributed by atoms with Crippen molar-refractivity contribution >= 4 is 11.8 Å². The average Bonchev–Trinajstić information content (AvgIpc) is 3.50. The molecule has 0 radical (unpaired) electrons. The Morgan fingerprint density at radius 1 is 1.19 bits per heavy atom. The summed E-state index contributed by atoms with van der Waals surface area (Å²) in [7, 11) is 0. The molecule has 0 saturated heterocycles. The number of fused-ring (bicyclic) bond motifs is 1. The van der Waals surface area contributed by atoms with Crippen molar-refractivity contribution in [1.29, 1.82) is 0 Å². The molecule has 1 saturated carbocycles. The molecule has 1 aliphatic heterocycles. The van der Waals surface area contributed by atoms with Gasteiger partial charge in [0.2, 0.25) is 5.95 Å². The molecular formula is C21H28N4O2. The van der Waals surface area contributed by atoms with E-state index in [9.17, 15) is 5.11 Å². The molecule has 0 bridgehead atoms. The van der Waals surface area contributed by atoms with Gasteiger partial charge in [0, 0.05) is 31.6 Å². The van der Waals surface area contributed by atoms with Gasteiger partial charge < -0.3 is 20.4 Å². The van der Waals surface area contributed by atoms with E-state index in [0.717, 1.165) is 36.6 Å². The van der Waals surface area contributed by atoms with Crippen molar-refractivity contribution in [3.05, 3.63) is 46.6 Å². The summed E-state index contributed by atoms with van der Waals surface area (Å²) in [5, 5.41) is 22.5. The van der Waals surface area contributed by atoms with E-state index >= 15 is 0 Å². The van der Waals surface area contributed by atoms with Crippen LogP contribution in [0.2, 0.25) is 0 Å². The minimum Gasteiger partial charge on any atom is -0.395 e. The van der Waals surface area contributed by atoms with Crippen molar-refractivity contribution < 1.29 is 10.2 Å².